The molecule has 1 N–H and O–H groups in total. The Bertz CT molecular complexity index is 409. The van der Waals surface area contributed by atoms with Crippen LogP contribution < -0.4 is 0 Å². The summed E-state index contributed by atoms with van der Waals surface area (Å²) in [7, 11) is 0. The fraction of sp³-hybridized carbons (Fsp3) is 0.333. The smallest absolute Gasteiger partial charge is 0.342 e. The van der Waals surface area contributed by atoms with Gasteiger partial charge in [-0.15, -0.1) is 0 Å². The third kappa shape index (κ3) is 2.23. The summed E-state index contributed by atoms with van der Waals surface area (Å²) >= 11 is 0. The molecule has 7 heteroatoms. The summed E-state index contributed by atoms with van der Waals surface area (Å²) in [4.78, 5) is 14.2. The summed E-state index contributed by atoms with van der Waals surface area (Å²) in [6.45, 7) is 1.49. The zero-order chi connectivity index (χ0) is 12.3. The van der Waals surface area contributed by atoms with E-state index in [0.717, 1.165) is 0 Å². The summed E-state index contributed by atoms with van der Waals surface area (Å²) in [5.74, 6) is -3.85. The molecule has 0 aliphatic heterocycles. The molecule has 0 saturated carbocycles. The number of alkyl halides is 2. The molecule has 0 aliphatic rings. The molecule has 0 spiro atoms. The Balaban J connectivity index is 3.16. The Hall–Kier alpha value is -1.79. The van der Waals surface area contributed by atoms with Crippen molar-refractivity contribution in [2.45, 2.75) is 13.3 Å². The van der Waals surface area contributed by atoms with Crippen molar-refractivity contribution in [3.63, 3.8) is 0 Å². The molecule has 4 nitrogen and oxygen atoms in total. The molecule has 1 aromatic heterocycles. The number of nitrogens with zero attached hydrogens (tertiary/aromatic N) is 1. The molecule has 0 atom stereocenters. The molecular weight excluding hydrogens is 227 g/mol. The third-order valence-electron chi connectivity index (χ3n) is 1.72. The molecule has 1 heterocycles. The molecule has 88 valence electrons. The maximum atomic E-state index is 13.3. The van der Waals surface area contributed by atoms with E-state index >= 15 is 0 Å². The van der Waals surface area contributed by atoms with Crippen molar-refractivity contribution >= 4 is 5.97 Å². The van der Waals surface area contributed by atoms with Gasteiger partial charge in [0.2, 0.25) is 0 Å². The van der Waals surface area contributed by atoms with Gasteiger partial charge in [-0.2, -0.15) is 0 Å². The number of aromatic nitrogens is 1. The summed E-state index contributed by atoms with van der Waals surface area (Å²) in [6.07, 6.45) is -2.51. The Kier molecular flexibility index (Phi) is 3.70. The average Bonchev–Trinajstić information content (AvgIpc) is 2.21. The van der Waals surface area contributed by atoms with Gasteiger partial charge in [0.25, 0.3) is 6.43 Å². The zero-order valence-electron chi connectivity index (χ0n) is 8.21. The Morgan fingerprint density at radius 1 is 1.62 bits per heavy atom. The van der Waals surface area contributed by atoms with E-state index in [1.165, 1.54) is 6.92 Å². The summed E-state index contributed by atoms with van der Waals surface area (Å²) in [5.41, 5.74) is -1.78. The molecule has 0 bridgehead atoms. The first-order chi connectivity index (χ1) is 7.49. The van der Waals surface area contributed by atoms with Crippen LogP contribution in [0.1, 0.15) is 29.4 Å². The first-order valence-electron chi connectivity index (χ1n) is 4.31. The largest absolute Gasteiger partial charge is 0.503 e. The summed E-state index contributed by atoms with van der Waals surface area (Å²) in [6, 6.07) is 0. The average molecular weight is 235 g/mol. The van der Waals surface area contributed by atoms with E-state index < -0.39 is 35.2 Å². The molecule has 0 radical (unpaired) electrons. The van der Waals surface area contributed by atoms with Crippen LogP contribution in [0.4, 0.5) is 13.2 Å². The monoisotopic (exact) mass is 235 g/mol. The number of halogens is 3. The first-order valence-corrected chi connectivity index (χ1v) is 4.31. The lowest BCUT2D eigenvalue weighted by Gasteiger charge is -2.07. The zero-order valence-corrected chi connectivity index (χ0v) is 8.21. The number of esters is 1. The van der Waals surface area contributed by atoms with Gasteiger partial charge < -0.3 is 9.84 Å². The van der Waals surface area contributed by atoms with Gasteiger partial charge in [0.05, 0.1) is 6.61 Å². The van der Waals surface area contributed by atoms with Gasteiger partial charge in [0.1, 0.15) is 5.56 Å². The molecule has 0 fully saturated rings. The van der Waals surface area contributed by atoms with Gasteiger partial charge in [0, 0.05) is 6.20 Å². The lowest BCUT2D eigenvalue weighted by Crippen LogP contribution is -2.09. The highest BCUT2D eigenvalue weighted by atomic mass is 19.3. The minimum Gasteiger partial charge on any atom is -0.503 e. The van der Waals surface area contributed by atoms with E-state index in [2.05, 4.69) is 9.72 Å². The molecule has 0 unspecified atom stereocenters. The predicted octanol–water partition coefficient (Wildman–Crippen LogP) is 2.04. The van der Waals surface area contributed by atoms with Gasteiger partial charge in [0.15, 0.2) is 17.3 Å². The standard InChI is InChI=1S/C9H8F3NO3/c1-2-16-9(15)4-3-13-6(8(11)12)7(14)5(4)10/h3,8,14H,2H2,1H3. The van der Waals surface area contributed by atoms with Gasteiger partial charge in [-0.25, -0.2) is 18.0 Å². The molecule has 16 heavy (non-hydrogen) atoms. The van der Waals surface area contributed by atoms with Crippen LogP contribution in [0.5, 0.6) is 5.75 Å². The Morgan fingerprint density at radius 3 is 2.75 bits per heavy atom. The topological polar surface area (TPSA) is 59.4 Å². The molecule has 0 aliphatic carbocycles. The highest BCUT2D eigenvalue weighted by molar-refractivity contribution is 5.89. The number of ether oxygens (including phenoxy) is 1. The van der Waals surface area contributed by atoms with Gasteiger partial charge >= 0.3 is 5.97 Å². The van der Waals surface area contributed by atoms with Crippen LogP contribution in [-0.4, -0.2) is 22.7 Å². The molecular formula is C9H8F3NO3. The maximum Gasteiger partial charge on any atom is 0.342 e. The summed E-state index contributed by atoms with van der Waals surface area (Å²) < 4.78 is 42.1. The second-order valence-electron chi connectivity index (χ2n) is 2.74. The lowest BCUT2D eigenvalue weighted by atomic mass is 10.2. The number of rotatable bonds is 3. The third-order valence-corrected chi connectivity index (χ3v) is 1.72. The Labute approximate surface area is 88.7 Å². The van der Waals surface area contributed by atoms with Crippen LogP contribution in [0.25, 0.3) is 0 Å². The highest BCUT2D eigenvalue weighted by Gasteiger charge is 2.24. The van der Waals surface area contributed by atoms with Crippen LogP contribution in [-0.2, 0) is 4.74 Å². The van der Waals surface area contributed by atoms with E-state index in [1.807, 2.05) is 0 Å². The second kappa shape index (κ2) is 4.82. The van der Waals surface area contributed by atoms with Crippen molar-refractivity contribution in [2.75, 3.05) is 6.61 Å². The van der Waals surface area contributed by atoms with Gasteiger partial charge in [-0.1, -0.05) is 0 Å². The maximum absolute atomic E-state index is 13.3. The Morgan fingerprint density at radius 2 is 2.25 bits per heavy atom. The highest BCUT2D eigenvalue weighted by Crippen LogP contribution is 2.29. The van der Waals surface area contributed by atoms with Crippen molar-refractivity contribution < 1.29 is 27.8 Å². The van der Waals surface area contributed by atoms with Gasteiger partial charge in [-0.3, -0.25) is 4.98 Å². The fourth-order valence-corrected chi connectivity index (χ4v) is 1.00. The minimum absolute atomic E-state index is 0.00433. The number of hydrogen-bond acceptors (Lipinski definition) is 4. The van der Waals surface area contributed by atoms with Crippen molar-refractivity contribution in [1.29, 1.82) is 0 Å². The van der Waals surface area contributed by atoms with Crippen LogP contribution in [0.2, 0.25) is 0 Å². The minimum atomic E-state index is -3.12. The first kappa shape index (κ1) is 12.3. The van der Waals surface area contributed by atoms with Crippen molar-refractivity contribution in [1.82, 2.24) is 4.98 Å². The normalized spacial score (nSPS) is 10.6. The SMILES string of the molecule is CCOC(=O)c1cnc(C(F)F)c(O)c1F. The molecule has 0 saturated heterocycles. The van der Waals surface area contributed by atoms with Crippen molar-refractivity contribution in [3.05, 3.63) is 23.3 Å². The lowest BCUT2D eigenvalue weighted by molar-refractivity contribution is 0.0518. The number of pyridine rings is 1. The molecule has 0 amide bonds. The van der Waals surface area contributed by atoms with Crippen LogP contribution in [0.15, 0.2) is 6.20 Å². The van der Waals surface area contributed by atoms with Crippen molar-refractivity contribution in [2.24, 2.45) is 0 Å². The van der Waals surface area contributed by atoms with E-state index in [4.69, 9.17) is 5.11 Å². The molecule has 1 aromatic rings. The van der Waals surface area contributed by atoms with Gasteiger partial charge in [-0.05, 0) is 6.92 Å². The number of aromatic hydroxyl groups is 1. The number of carbonyl (C=O) groups is 1. The van der Waals surface area contributed by atoms with E-state index in [1.54, 1.807) is 0 Å². The molecule has 1 rings (SSSR count). The van der Waals surface area contributed by atoms with Crippen LogP contribution >= 0.6 is 0 Å². The fourth-order valence-electron chi connectivity index (χ4n) is 1.00. The van der Waals surface area contributed by atoms with E-state index in [9.17, 15) is 18.0 Å². The quantitative estimate of drug-likeness (QED) is 0.814. The van der Waals surface area contributed by atoms with E-state index in [-0.39, 0.29) is 6.61 Å². The van der Waals surface area contributed by atoms with Crippen LogP contribution in [0.3, 0.4) is 0 Å². The summed E-state index contributed by atoms with van der Waals surface area (Å²) in [5, 5.41) is 9.04. The molecule has 0 aromatic carbocycles. The van der Waals surface area contributed by atoms with Crippen LogP contribution in [0, 0.1) is 5.82 Å². The van der Waals surface area contributed by atoms with E-state index in [0.29, 0.717) is 6.20 Å². The number of carbonyl (C=O) groups excluding carboxylic acids is 1. The number of hydrogen-bond donors (Lipinski definition) is 1. The second-order valence-corrected chi connectivity index (χ2v) is 2.74. The predicted molar refractivity (Wildman–Crippen MR) is 46.8 cm³/mol. The van der Waals surface area contributed by atoms with Crippen molar-refractivity contribution in [3.8, 4) is 5.75 Å².